The zero-order chi connectivity index (χ0) is 13.9. The van der Waals surface area contributed by atoms with Gasteiger partial charge in [0.25, 0.3) is 0 Å². The average molecular weight is 283 g/mol. The number of hydrogen-bond acceptors (Lipinski definition) is 4. The lowest BCUT2D eigenvalue weighted by atomic mass is 9.75. The number of anilines is 1. The quantitative estimate of drug-likeness (QED) is 0.862. The summed E-state index contributed by atoms with van der Waals surface area (Å²) in [6.45, 7) is 3.25. The van der Waals surface area contributed by atoms with Gasteiger partial charge in [-0.05, 0) is 50.5 Å². The van der Waals surface area contributed by atoms with Crippen molar-refractivity contribution < 1.29 is 0 Å². The Balaban J connectivity index is 2.05. The molecule has 2 unspecified atom stereocenters. The first-order chi connectivity index (χ1) is 9.02. The van der Waals surface area contributed by atoms with Crippen LogP contribution in [0.3, 0.4) is 0 Å². The predicted octanol–water partition coefficient (Wildman–Crippen LogP) is 3.05. The number of nitrogens with zero attached hydrogens (tertiary/aromatic N) is 3. The van der Waals surface area contributed by atoms with Crippen molar-refractivity contribution in [2.24, 2.45) is 5.92 Å². The number of likely N-dealkylation sites (N-methyl/N-ethyl adjacent to an activating group) is 1. The van der Waals surface area contributed by atoms with Crippen LogP contribution in [-0.4, -0.2) is 41.0 Å². The van der Waals surface area contributed by atoms with Gasteiger partial charge < -0.3 is 10.2 Å². The molecule has 1 aromatic heterocycles. The van der Waals surface area contributed by atoms with E-state index < -0.39 is 0 Å². The Bertz CT molecular complexity index is 424. The fourth-order valence-electron chi connectivity index (χ4n) is 3.05. The van der Waals surface area contributed by atoms with Crippen LogP contribution in [-0.2, 0) is 0 Å². The average Bonchev–Trinajstić information content (AvgIpc) is 2.36. The lowest BCUT2D eigenvalue weighted by Gasteiger charge is -2.45. The van der Waals surface area contributed by atoms with E-state index in [0.717, 1.165) is 18.3 Å². The second kappa shape index (κ2) is 6.06. The van der Waals surface area contributed by atoms with Gasteiger partial charge in [-0.15, -0.1) is 0 Å². The van der Waals surface area contributed by atoms with Gasteiger partial charge in [-0.25, -0.2) is 9.97 Å². The summed E-state index contributed by atoms with van der Waals surface area (Å²) >= 11 is 5.81. The van der Waals surface area contributed by atoms with Crippen molar-refractivity contribution in [1.82, 2.24) is 14.9 Å². The molecule has 0 spiro atoms. The first-order valence-corrected chi connectivity index (χ1v) is 7.29. The Labute approximate surface area is 120 Å². The summed E-state index contributed by atoms with van der Waals surface area (Å²) in [7, 11) is 4.35. The van der Waals surface area contributed by atoms with Crippen molar-refractivity contribution in [3.8, 4) is 0 Å². The molecule has 1 aromatic rings. The summed E-state index contributed by atoms with van der Waals surface area (Å²) in [6, 6.07) is 1.86. The molecule has 0 bridgehead atoms. The van der Waals surface area contributed by atoms with E-state index in [9.17, 15) is 0 Å². The van der Waals surface area contributed by atoms with Crippen molar-refractivity contribution in [1.29, 1.82) is 0 Å². The van der Waals surface area contributed by atoms with Gasteiger partial charge in [0, 0.05) is 18.3 Å². The van der Waals surface area contributed by atoms with E-state index in [0.29, 0.717) is 5.28 Å². The molecule has 4 nitrogen and oxygen atoms in total. The maximum Gasteiger partial charge on any atom is 0.224 e. The van der Waals surface area contributed by atoms with Crippen molar-refractivity contribution in [3.05, 3.63) is 17.5 Å². The summed E-state index contributed by atoms with van der Waals surface area (Å²) in [5.41, 5.74) is 0.217. The Kier molecular flexibility index (Phi) is 4.63. The Morgan fingerprint density at radius 3 is 2.95 bits per heavy atom. The van der Waals surface area contributed by atoms with Crippen LogP contribution in [0.4, 0.5) is 5.82 Å². The lowest BCUT2D eigenvalue weighted by Crippen LogP contribution is -2.52. The minimum Gasteiger partial charge on any atom is -0.368 e. The van der Waals surface area contributed by atoms with Crippen LogP contribution >= 0.6 is 11.6 Å². The highest BCUT2D eigenvalue weighted by atomic mass is 35.5. The van der Waals surface area contributed by atoms with Gasteiger partial charge in [0.2, 0.25) is 5.28 Å². The number of halogens is 1. The third-order valence-electron chi connectivity index (χ3n) is 4.24. The maximum atomic E-state index is 5.81. The van der Waals surface area contributed by atoms with E-state index >= 15 is 0 Å². The molecule has 0 saturated heterocycles. The van der Waals surface area contributed by atoms with E-state index in [1.165, 1.54) is 25.7 Å². The standard InChI is InChI=1S/C14H23ClN4/c1-11-5-4-7-14(9-11,19(2)3)10-17-12-6-8-16-13(15)18-12/h6,8,11H,4-5,7,9-10H2,1-3H3,(H,16,17,18). The molecule has 1 fully saturated rings. The molecule has 19 heavy (non-hydrogen) atoms. The van der Waals surface area contributed by atoms with Crippen molar-refractivity contribution >= 4 is 17.4 Å². The normalized spacial score (nSPS) is 27.5. The predicted molar refractivity (Wildman–Crippen MR) is 79.6 cm³/mol. The van der Waals surface area contributed by atoms with Crippen LogP contribution < -0.4 is 5.32 Å². The summed E-state index contributed by atoms with van der Waals surface area (Å²) in [5.74, 6) is 1.59. The van der Waals surface area contributed by atoms with Crippen LogP contribution in [0, 0.1) is 5.92 Å². The third-order valence-corrected chi connectivity index (χ3v) is 4.42. The molecule has 1 aliphatic rings. The highest BCUT2D eigenvalue weighted by Gasteiger charge is 2.36. The van der Waals surface area contributed by atoms with Crippen molar-refractivity contribution in [3.63, 3.8) is 0 Å². The molecular formula is C14H23ClN4. The molecule has 2 atom stereocenters. The van der Waals surface area contributed by atoms with Crippen LogP contribution in [0.15, 0.2) is 12.3 Å². The Morgan fingerprint density at radius 1 is 1.53 bits per heavy atom. The van der Waals surface area contributed by atoms with Crippen LogP contribution in [0.5, 0.6) is 0 Å². The SMILES string of the molecule is CC1CCCC(CNc2ccnc(Cl)n2)(N(C)C)C1. The molecule has 5 heteroatoms. The van der Waals surface area contributed by atoms with Gasteiger partial charge in [-0.1, -0.05) is 19.8 Å². The van der Waals surface area contributed by atoms with E-state index in [1.807, 2.05) is 6.07 Å². The number of hydrogen-bond donors (Lipinski definition) is 1. The maximum absolute atomic E-state index is 5.81. The first-order valence-electron chi connectivity index (χ1n) is 6.92. The third kappa shape index (κ3) is 3.57. The smallest absolute Gasteiger partial charge is 0.224 e. The lowest BCUT2D eigenvalue weighted by molar-refractivity contribution is 0.0881. The molecule has 1 N–H and O–H groups in total. The van der Waals surface area contributed by atoms with Crippen LogP contribution in [0.25, 0.3) is 0 Å². The van der Waals surface area contributed by atoms with Gasteiger partial charge >= 0.3 is 0 Å². The molecule has 0 radical (unpaired) electrons. The molecule has 1 aliphatic carbocycles. The molecule has 2 rings (SSSR count). The highest BCUT2D eigenvalue weighted by Crippen LogP contribution is 2.35. The first kappa shape index (κ1) is 14.5. The van der Waals surface area contributed by atoms with Gasteiger partial charge in [0.15, 0.2) is 0 Å². The fraction of sp³-hybridized carbons (Fsp3) is 0.714. The molecule has 0 aliphatic heterocycles. The summed E-state index contributed by atoms with van der Waals surface area (Å²) in [4.78, 5) is 10.5. The van der Waals surface area contributed by atoms with E-state index in [4.69, 9.17) is 11.6 Å². The second-order valence-electron chi connectivity index (χ2n) is 5.88. The Morgan fingerprint density at radius 2 is 2.32 bits per heavy atom. The minimum absolute atomic E-state index is 0.217. The topological polar surface area (TPSA) is 41.1 Å². The number of aromatic nitrogens is 2. The summed E-state index contributed by atoms with van der Waals surface area (Å²) in [6.07, 6.45) is 6.78. The molecule has 106 valence electrons. The molecule has 0 aromatic carbocycles. The molecule has 1 heterocycles. The molecule has 1 saturated carbocycles. The molecular weight excluding hydrogens is 260 g/mol. The summed E-state index contributed by atoms with van der Waals surface area (Å²) < 4.78 is 0. The minimum atomic E-state index is 0.217. The zero-order valence-corrected chi connectivity index (χ0v) is 12.7. The highest BCUT2D eigenvalue weighted by molar-refractivity contribution is 6.28. The van der Waals surface area contributed by atoms with Gasteiger partial charge in [0.1, 0.15) is 5.82 Å². The van der Waals surface area contributed by atoms with Gasteiger partial charge in [-0.2, -0.15) is 0 Å². The number of nitrogens with one attached hydrogen (secondary N) is 1. The van der Waals surface area contributed by atoms with E-state index in [1.54, 1.807) is 6.20 Å². The van der Waals surface area contributed by atoms with Crippen LogP contribution in [0.1, 0.15) is 32.6 Å². The summed E-state index contributed by atoms with van der Waals surface area (Å²) in [5, 5.41) is 3.71. The largest absolute Gasteiger partial charge is 0.368 e. The van der Waals surface area contributed by atoms with Crippen LogP contribution in [0.2, 0.25) is 5.28 Å². The van der Waals surface area contributed by atoms with Gasteiger partial charge in [0.05, 0.1) is 0 Å². The van der Waals surface area contributed by atoms with E-state index in [-0.39, 0.29) is 5.54 Å². The monoisotopic (exact) mass is 282 g/mol. The van der Waals surface area contributed by atoms with E-state index in [2.05, 4.69) is 41.2 Å². The second-order valence-corrected chi connectivity index (χ2v) is 6.22. The van der Waals surface area contributed by atoms with Crippen molar-refractivity contribution in [2.75, 3.05) is 26.0 Å². The number of rotatable bonds is 4. The fourth-order valence-corrected chi connectivity index (χ4v) is 3.19. The molecule has 0 amide bonds. The zero-order valence-electron chi connectivity index (χ0n) is 12.0. The van der Waals surface area contributed by atoms with Gasteiger partial charge in [-0.3, -0.25) is 0 Å². The Hall–Kier alpha value is -0.870. The van der Waals surface area contributed by atoms with Crippen molar-refractivity contribution in [2.45, 2.75) is 38.1 Å².